The lowest BCUT2D eigenvalue weighted by atomic mass is 9.96. The second-order valence-electron chi connectivity index (χ2n) is 4.68. The summed E-state index contributed by atoms with van der Waals surface area (Å²) in [5.41, 5.74) is -0.0264. The molecule has 0 aromatic carbocycles. The third kappa shape index (κ3) is 3.80. The molecule has 1 heterocycles. The summed E-state index contributed by atoms with van der Waals surface area (Å²) in [6, 6.07) is 0. The lowest BCUT2D eigenvalue weighted by Gasteiger charge is -2.40. The second kappa shape index (κ2) is 5.47. The summed E-state index contributed by atoms with van der Waals surface area (Å²) in [5.74, 6) is 0.154. The molecule has 15 heavy (non-hydrogen) atoms. The number of piperazine rings is 1. The molecule has 0 saturated carbocycles. The first-order chi connectivity index (χ1) is 7.06. The Morgan fingerprint density at radius 1 is 1.40 bits per heavy atom. The molecule has 1 amide bonds. The van der Waals surface area contributed by atoms with Crippen molar-refractivity contribution >= 4 is 5.91 Å². The van der Waals surface area contributed by atoms with Crippen LogP contribution in [-0.4, -0.2) is 49.1 Å². The molecule has 0 spiro atoms. The molecule has 2 N–H and O–H groups in total. The Balaban J connectivity index is 2.45. The van der Waals surface area contributed by atoms with Gasteiger partial charge in [-0.05, 0) is 20.8 Å². The number of carbonyl (C=O) groups is 1. The normalized spacial score (nSPS) is 18.9. The Kier molecular flexibility index (Phi) is 4.54. The van der Waals surface area contributed by atoms with E-state index in [0.29, 0.717) is 6.42 Å². The number of amides is 1. The minimum atomic E-state index is -0.0264. The number of hydrogen-bond donors (Lipinski definition) is 2. The Morgan fingerprint density at radius 3 is 2.53 bits per heavy atom. The Morgan fingerprint density at radius 2 is 2.00 bits per heavy atom. The zero-order chi connectivity index (χ0) is 11.3. The summed E-state index contributed by atoms with van der Waals surface area (Å²) in [7, 11) is 0. The van der Waals surface area contributed by atoms with Crippen LogP contribution in [0.1, 0.15) is 27.2 Å². The number of carbonyl (C=O) groups excluding carboxylic acids is 1. The van der Waals surface area contributed by atoms with Crippen LogP contribution in [0.25, 0.3) is 0 Å². The summed E-state index contributed by atoms with van der Waals surface area (Å²) in [5, 5.41) is 6.18. The summed E-state index contributed by atoms with van der Waals surface area (Å²) in [4.78, 5) is 13.9. The molecule has 1 aliphatic rings. The average Bonchev–Trinajstić information content (AvgIpc) is 2.18. The van der Waals surface area contributed by atoms with E-state index in [-0.39, 0.29) is 11.4 Å². The van der Waals surface area contributed by atoms with Crippen molar-refractivity contribution < 1.29 is 4.79 Å². The van der Waals surface area contributed by atoms with Gasteiger partial charge in [0.1, 0.15) is 0 Å². The van der Waals surface area contributed by atoms with Crippen LogP contribution in [0.15, 0.2) is 0 Å². The summed E-state index contributed by atoms with van der Waals surface area (Å²) >= 11 is 0. The van der Waals surface area contributed by atoms with Crippen molar-refractivity contribution in [1.29, 1.82) is 0 Å². The SMILES string of the molecule is CCNC(=O)CC(C)(C)N1CCNCC1. The molecule has 88 valence electrons. The van der Waals surface area contributed by atoms with E-state index in [2.05, 4.69) is 29.4 Å². The molecule has 0 aromatic heterocycles. The molecule has 0 aliphatic carbocycles. The quantitative estimate of drug-likeness (QED) is 0.701. The van der Waals surface area contributed by atoms with Gasteiger partial charge in [-0.2, -0.15) is 0 Å². The molecule has 4 nitrogen and oxygen atoms in total. The topological polar surface area (TPSA) is 44.4 Å². The highest BCUT2D eigenvalue weighted by atomic mass is 16.1. The van der Waals surface area contributed by atoms with Gasteiger partial charge in [0.2, 0.25) is 5.91 Å². The molecular formula is C11H23N3O. The van der Waals surface area contributed by atoms with Crippen LogP contribution in [-0.2, 0) is 4.79 Å². The molecule has 1 aliphatic heterocycles. The Labute approximate surface area is 92.4 Å². The van der Waals surface area contributed by atoms with E-state index in [0.717, 1.165) is 32.7 Å². The molecule has 1 fully saturated rings. The summed E-state index contributed by atoms with van der Waals surface area (Å²) in [6.07, 6.45) is 0.584. The van der Waals surface area contributed by atoms with E-state index < -0.39 is 0 Å². The fourth-order valence-corrected chi connectivity index (χ4v) is 2.03. The highest BCUT2D eigenvalue weighted by Gasteiger charge is 2.29. The molecule has 0 atom stereocenters. The van der Waals surface area contributed by atoms with Crippen LogP contribution < -0.4 is 10.6 Å². The van der Waals surface area contributed by atoms with E-state index >= 15 is 0 Å². The molecule has 1 saturated heterocycles. The lowest BCUT2D eigenvalue weighted by molar-refractivity contribution is -0.123. The van der Waals surface area contributed by atoms with E-state index in [9.17, 15) is 4.79 Å². The maximum absolute atomic E-state index is 11.5. The molecule has 4 heteroatoms. The molecule has 0 radical (unpaired) electrons. The van der Waals surface area contributed by atoms with Gasteiger partial charge in [-0.3, -0.25) is 9.69 Å². The van der Waals surface area contributed by atoms with Crippen molar-refractivity contribution in [3.63, 3.8) is 0 Å². The first-order valence-corrected chi connectivity index (χ1v) is 5.79. The van der Waals surface area contributed by atoms with E-state index in [1.165, 1.54) is 0 Å². The van der Waals surface area contributed by atoms with Crippen molar-refractivity contribution in [2.45, 2.75) is 32.7 Å². The monoisotopic (exact) mass is 213 g/mol. The zero-order valence-corrected chi connectivity index (χ0v) is 10.1. The van der Waals surface area contributed by atoms with E-state index in [4.69, 9.17) is 0 Å². The fourth-order valence-electron chi connectivity index (χ4n) is 2.03. The number of nitrogens with zero attached hydrogens (tertiary/aromatic N) is 1. The van der Waals surface area contributed by atoms with Crippen molar-refractivity contribution in [1.82, 2.24) is 15.5 Å². The fraction of sp³-hybridized carbons (Fsp3) is 0.909. The second-order valence-corrected chi connectivity index (χ2v) is 4.68. The molecule has 0 bridgehead atoms. The summed E-state index contributed by atoms with van der Waals surface area (Å²) in [6.45, 7) is 11.1. The van der Waals surface area contributed by atoms with Gasteiger partial charge in [0.25, 0.3) is 0 Å². The van der Waals surface area contributed by atoms with Crippen molar-refractivity contribution in [3.8, 4) is 0 Å². The number of nitrogens with one attached hydrogen (secondary N) is 2. The van der Waals surface area contributed by atoms with Crippen LogP contribution >= 0.6 is 0 Å². The Bertz CT molecular complexity index is 210. The smallest absolute Gasteiger partial charge is 0.221 e. The largest absolute Gasteiger partial charge is 0.356 e. The van der Waals surface area contributed by atoms with Gasteiger partial charge in [0.15, 0.2) is 0 Å². The molecule has 0 unspecified atom stereocenters. The van der Waals surface area contributed by atoms with Crippen LogP contribution in [0.2, 0.25) is 0 Å². The predicted molar refractivity (Wildman–Crippen MR) is 61.8 cm³/mol. The highest BCUT2D eigenvalue weighted by Crippen LogP contribution is 2.18. The minimum Gasteiger partial charge on any atom is -0.356 e. The van der Waals surface area contributed by atoms with Gasteiger partial charge in [-0.25, -0.2) is 0 Å². The van der Waals surface area contributed by atoms with E-state index in [1.54, 1.807) is 0 Å². The van der Waals surface area contributed by atoms with Gasteiger partial charge >= 0.3 is 0 Å². The van der Waals surface area contributed by atoms with Gasteiger partial charge in [-0.1, -0.05) is 0 Å². The van der Waals surface area contributed by atoms with Gasteiger partial charge in [0.05, 0.1) is 0 Å². The molecular weight excluding hydrogens is 190 g/mol. The van der Waals surface area contributed by atoms with Crippen molar-refractivity contribution in [2.24, 2.45) is 0 Å². The lowest BCUT2D eigenvalue weighted by Crippen LogP contribution is -2.54. The van der Waals surface area contributed by atoms with Crippen LogP contribution in [0.5, 0.6) is 0 Å². The predicted octanol–water partition coefficient (Wildman–Crippen LogP) is 0.196. The van der Waals surface area contributed by atoms with Crippen molar-refractivity contribution in [2.75, 3.05) is 32.7 Å². The highest BCUT2D eigenvalue weighted by molar-refractivity contribution is 5.77. The molecule has 0 aromatic rings. The first kappa shape index (κ1) is 12.5. The van der Waals surface area contributed by atoms with Crippen molar-refractivity contribution in [3.05, 3.63) is 0 Å². The molecule has 1 rings (SSSR count). The van der Waals surface area contributed by atoms with Crippen LogP contribution in [0, 0.1) is 0 Å². The maximum Gasteiger partial charge on any atom is 0.221 e. The average molecular weight is 213 g/mol. The van der Waals surface area contributed by atoms with Gasteiger partial charge in [-0.15, -0.1) is 0 Å². The third-order valence-electron chi connectivity index (χ3n) is 2.94. The van der Waals surface area contributed by atoms with Crippen LogP contribution in [0.4, 0.5) is 0 Å². The number of hydrogen-bond acceptors (Lipinski definition) is 3. The summed E-state index contributed by atoms with van der Waals surface area (Å²) < 4.78 is 0. The number of rotatable bonds is 4. The minimum absolute atomic E-state index is 0.0264. The third-order valence-corrected chi connectivity index (χ3v) is 2.94. The van der Waals surface area contributed by atoms with Crippen LogP contribution in [0.3, 0.4) is 0 Å². The first-order valence-electron chi connectivity index (χ1n) is 5.79. The van der Waals surface area contributed by atoms with Gasteiger partial charge < -0.3 is 10.6 Å². The van der Waals surface area contributed by atoms with E-state index in [1.807, 2.05) is 6.92 Å². The van der Waals surface area contributed by atoms with Gasteiger partial charge in [0, 0.05) is 44.7 Å². The zero-order valence-electron chi connectivity index (χ0n) is 10.1. The standard InChI is InChI=1S/C11H23N3O/c1-4-13-10(15)9-11(2,3)14-7-5-12-6-8-14/h12H,4-9H2,1-3H3,(H,13,15). The Hall–Kier alpha value is -0.610. The maximum atomic E-state index is 11.5.